The third-order valence-corrected chi connectivity index (χ3v) is 4.68. The fourth-order valence-electron chi connectivity index (χ4n) is 2.41. The fourth-order valence-corrected chi connectivity index (χ4v) is 3.09. The minimum absolute atomic E-state index is 0.152. The van der Waals surface area contributed by atoms with E-state index in [0.29, 0.717) is 44.5 Å². The van der Waals surface area contributed by atoms with E-state index < -0.39 is 0 Å². The second-order valence-electron chi connectivity index (χ2n) is 5.25. The molecule has 1 aliphatic heterocycles. The van der Waals surface area contributed by atoms with E-state index in [1.807, 2.05) is 13.0 Å². The van der Waals surface area contributed by atoms with Gasteiger partial charge in [0.05, 0.1) is 10.0 Å². The van der Waals surface area contributed by atoms with Gasteiger partial charge in [-0.2, -0.15) is 0 Å². The first-order chi connectivity index (χ1) is 11.5. The summed E-state index contributed by atoms with van der Waals surface area (Å²) < 4.78 is 5.77. The van der Waals surface area contributed by atoms with Crippen molar-refractivity contribution in [3.05, 3.63) is 51.8 Å². The molecule has 1 aromatic carbocycles. The third-order valence-electron chi connectivity index (χ3n) is 3.54. The number of carbonyl (C=O) groups excluding carboxylic acids is 1. The molecule has 1 saturated heterocycles. The highest BCUT2D eigenvalue weighted by Gasteiger charge is 2.30. The summed E-state index contributed by atoms with van der Waals surface area (Å²) in [4.78, 5) is 13.9. The highest BCUT2D eigenvalue weighted by molar-refractivity contribution is 7.80. The van der Waals surface area contributed by atoms with Crippen LogP contribution in [0.15, 0.2) is 40.4 Å². The molecule has 0 atom stereocenters. The van der Waals surface area contributed by atoms with E-state index in [2.05, 4.69) is 5.32 Å². The molecule has 1 aliphatic rings. The Hall–Kier alpha value is -1.82. The van der Waals surface area contributed by atoms with Gasteiger partial charge in [-0.1, -0.05) is 36.2 Å². The molecule has 24 heavy (non-hydrogen) atoms. The number of furan rings is 1. The Morgan fingerprint density at radius 3 is 2.83 bits per heavy atom. The highest BCUT2D eigenvalue weighted by atomic mass is 35.5. The fraction of sp³-hybridized carbons (Fsp3) is 0.176. The number of hydrogen-bond acceptors (Lipinski definition) is 3. The summed E-state index contributed by atoms with van der Waals surface area (Å²) in [5, 5.41) is 4.22. The van der Waals surface area contributed by atoms with E-state index in [1.165, 1.54) is 0 Å². The number of halogens is 2. The Morgan fingerprint density at radius 1 is 1.29 bits per heavy atom. The molecule has 0 unspecified atom stereocenters. The van der Waals surface area contributed by atoms with Crippen LogP contribution in [0.3, 0.4) is 0 Å². The summed E-state index contributed by atoms with van der Waals surface area (Å²) in [6, 6.07) is 8.88. The molecule has 1 amide bonds. The Morgan fingerprint density at radius 2 is 2.08 bits per heavy atom. The smallest absolute Gasteiger partial charge is 0.276 e. The molecule has 7 heteroatoms. The number of benzene rings is 1. The lowest BCUT2D eigenvalue weighted by Crippen LogP contribution is -2.31. The topological polar surface area (TPSA) is 45.5 Å². The molecule has 124 valence electrons. The molecule has 0 bridgehead atoms. The summed E-state index contributed by atoms with van der Waals surface area (Å²) in [6.07, 6.45) is 2.46. The zero-order chi connectivity index (χ0) is 17.3. The predicted octanol–water partition coefficient (Wildman–Crippen LogP) is 4.72. The van der Waals surface area contributed by atoms with Crippen molar-refractivity contribution < 1.29 is 9.21 Å². The van der Waals surface area contributed by atoms with Crippen molar-refractivity contribution in [1.82, 2.24) is 10.2 Å². The summed E-state index contributed by atoms with van der Waals surface area (Å²) in [5.74, 6) is 0.950. The summed E-state index contributed by atoms with van der Waals surface area (Å²) in [7, 11) is 0. The van der Waals surface area contributed by atoms with E-state index in [9.17, 15) is 4.79 Å². The maximum absolute atomic E-state index is 12.3. The summed E-state index contributed by atoms with van der Waals surface area (Å²) in [5.41, 5.74) is 1.09. The zero-order valence-electron chi connectivity index (χ0n) is 12.8. The van der Waals surface area contributed by atoms with Crippen LogP contribution in [0.5, 0.6) is 0 Å². The van der Waals surface area contributed by atoms with Crippen molar-refractivity contribution in [1.29, 1.82) is 0 Å². The maximum atomic E-state index is 12.3. The Bertz CT molecular complexity index is 845. The lowest BCUT2D eigenvalue weighted by molar-refractivity contribution is -0.122. The minimum Gasteiger partial charge on any atom is -0.457 e. The van der Waals surface area contributed by atoms with Crippen molar-refractivity contribution in [2.45, 2.75) is 13.3 Å². The average Bonchev–Trinajstić information content (AvgIpc) is 3.11. The van der Waals surface area contributed by atoms with Crippen LogP contribution in [0, 0.1) is 0 Å². The van der Waals surface area contributed by atoms with Gasteiger partial charge < -0.3 is 9.73 Å². The Balaban J connectivity index is 1.88. The normalized spacial score (nSPS) is 16.1. The van der Waals surface area contributed by atoms with Gasteiger partial charge in [-0.05, 0) is 42.9 Å². The molecule has 0 spiro atoms. The second-order valence-corrected chi connectivity index (χ2v) is 6.42. The summed E-state index contributed by atoms with van der Waals surface area (Å²) >= 11 is 17.4. The first-order valence-corrected chi connectivity index (χ1v) is 8.56. The molecular weight excluding hydrogens is 367 g/mol. The first-order valence-electron chi connectivity index (χ1n) is 7.40. The molecule has 1 fully saturated rings. The lowest BCUT2D eigenvalue weighted by Gasteiger charge is -2.11. The number of rotatable bonds is 4. The van der Waals surface area contributed by atoms with E-state index in [4.69, 9.17) is 39.8 Å². The van der Waals surface area contributed by atoms with Crippen molar-refractivity contribution in [3.8, 4) is 11.3 Å². The molecule has 1 N–H and O–H groups in total. The zero-order valence-corrected chi connectivity index (χ0v) is 15.1. The lowest BCUT2D eigenvalue weighted by atomic mass is 10.2. The van der Waals surface area contributed by atoms with Gasteiger partial charge in [0.1, 0.15) is 17.2 Å². The summed E-state index contributed by atoms with van der Waals surface area (Å²) in [6.45, 7) is 2.58. The SMILES string of the molecule is CCCN1C(=O)/C(=C/c2ccc(-c3cccc(Cl)c3Cl)o2)NC1=S. The molecule has 2 heterocycles. The first kappa shape index (κ1) is 17.0. The number of carbonyl (C=O) groups is 1. The highest BCUT2D eigenvalue weighted by Crippen LogP contribution is 2.34. The number of hydrogen-bond donors (Lipinski definition) is 1. The van der Waals surface area contributed by atoms with Gasteiger partial charge in [-0.15, -0.1) is 0 Å². The average molecular weight is 381 g/mol. The largest absolute Gasteiger partial charge is 0.457 e. The van der Waals surface area contributed by atoms with E-state index in [-0.39, 0.29) is 5.91 Å². The van der Waals surface area contributed by atoms with Crippen molar-refractivity contribution in [2.24, 2.45) is 0 Å². The van der Waals surface area contributed by atoms with Crippen LogP contribution in [0.1, 0.15) is 19.1 Å². The number of thiocarbonyl (C=S) groups is 1. The van der Waals surface area contributed by atoms with Crippen LogP contribution in [-0.2, 0) is 4.79 Å². The monoisotopic (exact) mass is 380 g/mol. The van der Waals surface area contributed by atoms with Crippen molar-refractivity contribution in [2.75, 3.05) is 6.54 Å². The molecule has 3 rings (SSSR count). The quantitative estimate of drug-likeness (QED) is 0.615. The second kappa shape index (κ2) is 6.97. The number of nitrogens with one attached hydrogen (secondary N) is 1. The Kier molecular flexibility index (Phi) is 4.94. The molecular formula is C17H14Cl2N2O2S. The van der Waals surface area contributed by atoms with Gasteiger partial charge in [0.25, 0.3) is 5.91 Å². The van der Waals surface area contributed by atoms with Crippen LogP contribution in [-0.4, -0.2) is 22.5 Å². The van der Waals surface area contributed by atoms with Gasteiger partial charge in [0.15, 0.2) is 5.11 Å². The molecule has 0 saturated carbocycles. The predicted molar refractivity (Wildman–Crippen MR) is 99.9 cm³/mol. The number of nitrogens with zero attached hydrogens (tertiary/aromatic N) is 1. The van der Waals surface area contributed by atoms with Crippen molar-refractivity contribution in [3.63, 3.8) is 0 Å². The van der Waals surface area contributed by atoms with Gasteiger partial charge in [0.2, 0.25) is 0 Å². The van der Waals surface area contributed by atoms with Gasteiger partial charge >= 0.3 is 0 Å². The Labute approximate surface area is 155 Å². The van der Waals surface area contributed by atoms with E-state index in [0.717, 1.165) is 6.42 Å². The molecule has 1 aromatic heterocycles. The number of amides is 1. The van der Waals surface area contributed by atoms with Gasteiger partial charge in [0, 0.05) is 18.2 Å². The van der Waals surface area contributed by atoms with E-state index in [1.54, 1.807) is 35.2 Å². The molecule has 0 aliphatic carbocycles. The maximum Gasteiger partial charge on any atom is 0.276 e. The van der Waals surface area contributed by atoms with Crippen molar-refractivity contribution >= 4 is 52.5 Å². The molecule has 0 radical (unpaired) electrons. The third kappa shape index (κ3) is 3.20. The van der Waals surface area contributed by atoms with Gasteiger partial charge in [-0.3, -0.25) is 9.69 Å². The standard InChI is InChI=1S/C17H14Cl2N2O2S/c1-2-8-21-16(22)13(20-17(21)24)9-10-6-7-14(23-10)11-4-3-5-12(18)15(11)19/h3-7,9H,2,8H2,1H3,(H,20,24)/b13-9-. The van der Waals surface area contributed by atoms with Crippen LogP contribution in [0.25, 0.3) is 17.4 Å². The van der Waals surface area contributed by atoms with Crippen LogP contribution in [0.2, 0.25) is 10.0 Å². The minimum atomic E-state index is -0.152. The van der Waals surface area contributed by atoms with Gasteiger partial charge in [-0.25, -0.2) is 0 Å². The van der Waals surface area contributed by atoms with Crippen LogP contribution in [0.4, 0.5) is 0 Å². The molecule has 2 aromatic rings. The molecule has 4 nitrogen and oxygen atoms in total. The van der Waals surface area contributed by atoms with Crippen LogP contribution >= 0.6 is 35.4 Å². The van der Waals surface area contributed by atoms with Crippen LogP contribution < -0.4 is 5.32 Å². The van der Waals surface area contributed by atoms with E-state index >= 15 is 0 Å².